The zero-order chi connectivity index (χ0) is 13.8. The van der Waals surface area contributed by atoms with E-state index in [-0.39, 0.29) is 0 Å². The zero-order valence-electron chi connectivity index (χ0n) is 11.2. The Kier molecular flexibility index (Phi) is 3.56. The highest BCUT2D eigenvalue weighted by molar-refractivity contribution is 5.88. The Balaban J connectivity index is 1.89. The van der Waals surface area contributed by atoms with Gasteiger partial charge in [-0.2, -0.15) is 0 Å². The number of hydrogen-bond donors (Lipinski definition) is 1. The van der Waals surface area contributed by atoms with E-state index in [4.69, 9.17) is 4.74 Å². The van der Waals surface area contributed by atoms with Crippen molar-refractivity contribution in [2.75, 3.05) is 7.05 Å². The molecule has 0 amide bonds. The first kappa shape index (κ1) is 12.6. The molecule has 0 aliphatic rings. The summed E-state index contributed by atoms with van der Waals surface area (Å²) >= 11 is 0. The first-order valence-corrected chi connectivity index (χ1v) is 6.48. The minimum atomic E-state index is 0.362. The van der Waals surface area contributed by atoms with Crippen LogP contribution in [-0.2, 0) is 6.54 Å². The van der Waals surface area contributed by atoms with Crippen molar-refractivity contribution in [2.24, 2.45) is 0 Å². The van der Waals surface area contributed by atoms with Gasteiger partial charge in [0.25, 0.3) is 0 Å². The van der Waals surface area contributed by atoms with E-state index in [1.54, 1.807) is 12.4 Å². The number of hydrogen-bond acceptors (Lipinski definition) is 4. The monoisotopic (exact) mass is 265 g/mol. The quantitative estimate of drug-likeness (QED) is 0.787. The Morgan fingerprint density at radius 3 is 2.55 bits per heavy atom. The van der Waals surface area contributed by atoms with E-state index < -0.39 is 0 Å². The summed E-state index contributed by atoms with van der Waals surface area (Å²) in [7, 11) is 1.89. The number of fused-ring (bicyclic) bond motifs is 1. The van der Waals surface area contributed by atoms with Gasteiger partial charge in [-0.3, -0.25) is 0 Å². The summed E-state index contributed by atoms with van der Waals surface area (Å²) in [5.74, 6) is 0.768. The van der Waals surface area contributed by atoms with Crippen LogP contribution in [0.25, 0.3) is 10.8 Å². The van der Waals surface area contributed by atoms with Gasteiger partial charge >= 0.3 is 6.01 Å². The van der Waals surface area contributed by atoms with Crippen LogP contribution in [0.1, 0.15) is 5.56 Å². The lowest BCUT2D eigenvalue weighted by molar-refractivity contribution is 0.445. The van der Waals surface area contributed by atoms with Gasteiger partial charge in [0.1, 0.15) is 5.75 Å². The molecule has 100 valence electrons. The van der Waals surface area contributed by atoms with E-state index in [2.05, 4.69) is 27.4 Å². The maximum atomic E-state index is 5.78. The fourth-order valence-corrected chi connectivity index (χ4v) is 2.07. The van der Waals surface area contributed by atoms with E-state index in [0.717, 1.165) is 28.6 Å². The summed E-state index contributed by atoms with van der Waals surface area (Å²) in [5, 5.41) is 5.25. The molecule has 0 aliphatic carbocycles. The lowest BCUT2D eigenvalue weighted by atomic mass is 10.1. The fourth-order valence-electron chi connectivity index (χ4n) is 2.07. The molecule has 0 bridgehead atoms. The van der Waals surface area contributed by atoms with Gasteiger partial charge in [0, 0.05) is 29.9 Å². The van der Waals surface area contributed by atoms with Crippen LogP contribution in [-0.4, -0.2) is 17.0 Å². The molecule has 0 atom stereocenters. The van der Waals surface area contributed by atoms with Crippen molar-refractivity contribution in [2.45, 2.75) is 6.54 Å². The fraction of sp³-hybridized carbons (Fsp3) is 0.125. The third kappa shape index (κ3) is 2.60. The van der Waals surface area contributed by atoms with Crippen molar-refractivity contribution in [1.82, 2.24) is 15.3 Å². The van der Waals surface area contributed by atoms with Crippen LogP contribution < -0.4 is 10.1 Å². The zero-order valence-corrected chi connectivity index (χ0v) is 11.2. The average molecular weight is 265 g/mol. The summed E-state index contributed by atoms with van der Waals surface area (Å²) in [5.41, 5.74) is 1.03. The van der Waals surface area contributed by atoms with E-state index in [1.165, 1.54) is 0 Å². The van der Waals surface area contributed by atoms with Crippen molar-refractivity contribution in [3.8, 4) is 11.8 Å². The number of rotatable bonds is 4. The van der Waals surface area contributed by atoms with Crippen LogP contribution in [0.2, 0.25) is 0 Å². The summed E-state index contributed by atoms with van der Waals surface area (Å²) in [6.07, 6.45) is 3.54. The summed E-state index contributed by atoms with van der Waals surface area (Å²) in [6, 6.07) is 14.4. The normalized spacial score (nSPS) is 10.7. The molecule has 0 aliphatic heterocycles. The molecule has 20 heavy (non-hydrogen) atoms. The Morgan fingerprint density at radius 1 is 1.00 bits per heavy atom. The highest BCUT2D eigenvalue weighted by Crippen LogP contribution is 2.27. The molecule has 0 fully saturated rings. The van der Waals surface area contributed by atoms with Crippen molar-refractivity contribution in [1.29, 1.82) is 0 Å². The SMILES string of the molecule is CNCc1cnc(Oc2cccc3ccccc23)nc1. The molecule has 1 aromatic heterocycles. The van der Waals surface area contributed by atoms with Crippen molar-refractivity contribution in [3.63, 3.8) is 0 Å². The second kappa shape index (κ2) is 5.67. The number of nitrogens with one attached hydrogen (secondary N) is 1. The van der Waals surface area contributed by atoms with E-state index >= 15 is 0 Å². The number of aromatic nitrogens is 2. The third-order valence-electron chi connectivity index (χ3n) is 3.01. The largest absolute Gasteiger partial charge is 0.424 e. The van der Waals surface area contributed by atoms with Crippen molar-refractivity contribution < 1.29 is 4.74 Å². The van der Waals surface area contributed by atoms with Gasteiger partial charge in [-0.25, -0.2) is 9.97 Å². The molecule has 2 aromatic carbocycles. The lowest BCUT2D eigenvalue weighted by Gasteiger charge is -2.07. The van der Waals surface area contributed by atoms with Gasteiger partial charge in [0.15, 0.2) is 0 Å². The predicted octanol–water partition coefficient (Wildman–Crippen LogP) is 3.14. The molecular weight excluding hydrogens is 250 g/mol. The van der Waals surface area contributed by atoms with E-state index in [0.29, 0.717) is 6.01 Å². The van der Waals surface area contributed by atoms with E-state index in [1.807, 2.05) is 37.4 Å². The van der Waals surface area contributed by atoms with Crippen LogP contribution in [0.3, 0.4) is 0 Å². The van der Waals surface area contributed by atoms with Crippen LogP contribution >= 0.6 is 0 Å². The highest BCUT2D eigenvalue weighted by Gasteiger charge is 2.04. The van der Waals surface area contributed by atoms with Gasteiger partial charge in [0.05, 0.1) is 0 Å². The highest BCUT2D eigenvalue weighted by atomic mass is 16.5. The van der Waals surface area contributed by atoms with Crippen LogP contribution in [0.5, 0.6) is 11.8 Å². The Hall–Kier alpha value is -2.46. The number of ether oxygens (including phenoxy) is 1. The Morgan fingerprint density at radius 2 is 1.75 bits per heavy atom. The van der Waals surface area contributed by atoms with Crippen LogP contribution in [0, 0.1) is 0 Å². The molecule has 4 heteroatoms. The molecule has 1 N–H and O–H groups in total. The molecule has 0 saturated carbocycles. The average Bonchev–Trinajstić information content (AvgIpc) is 2.50. The Labute approximate surface area is 117 Å². The standard InChI is InChI=1S/C16H15N3O/c1-17-9-12-10-18-16(19-11-12)20-15-8-4-6-13-5-2-3-7-14(13)15/h2-8,10-11,17H,9H2,1H3. The molecule has 4 nitrogen and oxygen atoms in total. The van der Waals surface area contributed by atoms with Gasteiger partial charge in [0.2, 0.25) is 0 Å². The van der Waals surface area contributed by atoms with Gasteiger partial charge < -0.3 is 10.1 Å². The molecule has 0 radical (unpaired) electrons. The molecule has 0 unspecified atom stereocenters. The molecule has 3 aromatic rings. The molecular formula is C16H15N3O. The number of benzene rings is 2. The molecule has 1 heterocycles. The maximum absolute atomic E-state index is 5.78. The summed E-state index contributed by atoms with van der Waals surface area (Å²) in [4.78, 5) is 8.45. The van der Waals surface area contributed by atoms with Gasteiger partial charge in [-0.05, 0) is 18.5 Å². The van der Waals surface area contributed by atoms with Gasteiger partial charge in [-0.1, -0.05) is 36.4 Å². The van der Waals surface area contributed by atoms with Gasteiger partial charge in [-0.15, -0.1) is 0 Å². The second-order valence-corrected chi connectivity index (χ2v) is 4.48. The molecule has 3 rings (SSSR count). The summed E-state index contributed by atoms with van der Waals surface area (Å²) in [6.45, 7) is 0.745. The first-order valence-electron chi connectivity index (χ1n) is 6.48. The first-order chi connectivity index (χ1) is 9.86. The summed E-state index contributed by atoms with van der Waals surface area (Å²) < 4.78 is 5.78. The smallest absolute Gasteiger partial charge is 0.321 e. The van der Waals surface area contributed by atoms with Crippen LogP contribution in [0.15, 0.2) is 54.9 Å². The molecule has 0 spiro atoms. The minimum Gasteiger partial charge on any atom is -0.424 e. The third-order valence-corrected chi connectivity index (χ3v) is 3.01. The van der Waals surface area contributed by atoms with Crippen molar-refractivity contribution >= 4 is 10.8 Å². The van der Waals surface area contributed by atoms with Crippen LogP contribution in [0.4, 0.5) is 0 Å². The maximum Gasteiger partial charge on any atom is 0.321 e. The van der Waals surface area contributed by atoms with E-state index in [9.17, 15) is 0 Å². The lowest BCUT2D eigenvalue weighted by Crippen LogP contribution is -2.06. The second-order valence-electron chi connectivity index (χ2n) is 4.48. The Bertz CT molecular complexity index is 705. The number of nitrogens with zero attached hydrogens (tertiary/aromatic N) is 2. The topological polar surface area (TPSA) is 47.0 Å². The molecule has 0 saturated heterocycles. The van der Waals surface area contributed by atoms with Crippen molar-refractivity contribution in [3.05, 3.63) is 60.4 Å². The predicted molar refractivity (Wildman–Crippen MR) is 78.8 cm³/mol. The minimum absolute atomic E-state index is 0.362.